The Hall–Kier alpha value is -1.84. The van der Waals surface area contributed by atoms with E-state index < -0.39 is 0 Å². The number of rotatable bonds is 2. The molecule has 0 radical (unpaired) electrons. The molecule has 0 spiro atoms. The highest BCUT2D eigenvalue weighted by Crippen LogP contribution is 2.29. The van der Waals surface area contributed by atoms with Gasteiger partial charge in [-0.25, -0.2) is 0 Å². The standard InChI is InChI=1S/C17H21NO3/c1-21-17(20)12-6-8-18(9-7-12)16(19)15-10-13-4-2-3-5-14(13)11-15/h2-5,12,15H,6-11H2,1H3. The average Bonchev–Trinajstić information content (AvgIpc) is 2.97. The van der Waals surface area contributed by atoms with Crippen LogP contribution in [-0.2, 0) is 27.2 Å². The number of piperidine rings is 1. The lowest BCUT2D eigenvalue weighted by Crippen LogP contribution is -2.43. The summed E-state index contributed by atoms with van der Waals surface area (Å²) in [4.78, 5) is 26.1. The van der Waals surface area contributed by atoms with Crippen LogP contribution in [0, 0.1) is 11.8 Å². The lowest BCUT2D eigenvalue weighted by atomic mass is 9.95. The van der Waals surface area contributed by atoms with Crippen LogP contribution in [0.3, 0.4) is 0 Å². The number of hydrogen-bond donors (Lipinski definition) is 0. The van der Waals surface area contributed by atoms with Gasteiger partial charge in [-0.05, 0) is 36.8 Å². The maximum absolute atomic E-state index is 12.6. The van der Waals surface area contributed by atoms with Crippen LogP contribution in [0.15, 0.2) is 24.3 Å². The normalized spacial score (nSPS) is 19.4. The van der Waals surface area contributed by atoms with Crippen LogP contribution in [0.5, 0.6) is 0 Å². The van der Waals surface area contributed by atoms with Crippen molar-refractivity contribution in [3.05, 3.63) is 35.4 Å². The summed E-state index contributed by atoms with van der Waals surface area (Å²) in [6.07, 6.45) is 3.15. The largest absolute Gasteiger partial charge is 0.469 e. The summed E-state index contributed by atoms with van der Waals surface area (Å²) in [5.41, 5.74) is 2.61. The predicted molar refractivity (Wildman–Crippen MR) is 78.7 cm³/mol. The summed E-state index contributed by atoms with van der Waals surface area (Å²) in [6.45, 7) is 1.34. The summed E-state index contributed by atoms with van der Waals surface area (Å²) in [6, 6.07) is 8.30. The number of hydrogen-bond acceptors (Lipinski definition) is 3. The van der Waals surface area contributed by atoms with Gasteiger partial charge in [-0.1, -0.05) is 24.3 Å². The quantitative estimate of drug-likeness (QED) is 0.779. The second-order valence-corrected chi connectivity index (χ2v) is 6.00. The summed E-state index contributed by atoms with van der Waals surface area (Å²) in [5, 5.41) is 0. The van der Waals surface area contributed by atoms with Gasteiger partial charge in [0.05, 0.1) is 13.0 Å². The molecule has 1 aliphatic heterocycles. The molecule has 1 aromatic carbocycles. The van der Waals surface area contributed by atoms with Crippen molar-refractivity contribution in [2.24, 2.45) is 11.8 Å². The summed E-state index contributed by atoms with van der Waals surface area (Å²) < 4.78 is 4.79. The van der Waals surface area contributed by atoms with Crippen molar-refractivity contribution in [3.63, 3.8) is 0 Å². The maximum Gasteiger partial charge on any atom is 0.308 e. The van der Waals surface area contributed by atoms with Gasteiger partial charge in [0.1, 0.15) is 0 Å². The monoisotopic (exact) mass is 287 g/mol. The molecule has 3 rings (SSSR count). The SMILES string of the molecule is COC(=O)C1CCN(C(=O)C2Cc3ccccc3C2)CC1. The van der Waals surface area contributed by atoms with Crippen molar-refractivity contribution < 1.29 is 14.3 Å². The molecule has 0 atom stereocenters. The highest BCUT2D eigenvalue weighted by Gasteiger charge is 2.33. The van der Waals surface area contributed by atoms with Crippen LogP contribution in [0.2, 0.25) is 0 Å². The molecule has 1 amide bonds. The van der Waals surface area contributed by atoms with E-state index >= 15 is 0 Å². The van der Waals surface area contributed by atoms with E-state index in [0.29, 0.717) is 13.1 Å². The van der Waals surface area contributed by atoms with Crippen molar-refractivity contribution in [1.82, 2.24) is 4.90 Å². The second kappa shape index (κ2) is 5.88. The molecular formula is C17H21NO3. The molecule has 4 heteroatoms. The molecule has 1 heterocycles. The molecule has 0 aromatic heterocycles. The molecule has 1 aromatic rings. The zero-order chi connectivity index (χ0) is 14.8. The summed E-state index contributed by atoms with van der Waals surface area (Å²) in [7, 11) is 1.43. The predicted octanol–water partition coefficient (Wildman–Crippen LogP) is 1.81. The number of fused-ring (bicyclic) bond motifs is 1. The Morgan fingerprint density at radius 3 is 2.14 bits per heavy atom. The Labute approximate surface area is 125 Å². The number of likely N-dealkylation sites (tertiary alicyclic amines) is 1. The fourth-order valence-electron chi connectivity index (χ4n) is 3.49. The number of esters is 1. The summed E-state index contributed by atoms with van der Waals surface area (Å²) in [5.74, 6) is 0.141. The van der Waals surface area contributed by atoms with E-state index in [1.807, 2.05) is 17.0 Å². The van der Waals surface area contributed by atoms with Crippen LogP contribution in [0.4, 0.5) is 0 Å². The van der Waals surface area contributed by atoms with E-state index in [1.54, 1.807) is 0 Å². The van der Waals surface area contributed by atoms with Gasteiger partial charge >= 0.3 is 5.97 Å². The first-order chi connectivity index (χ1) is 10.2. The van der Waals surface area contributed by atoms with E-state index in [2.05, 4.69) is 12.1 Å². The Balaban J connectivity index is 1.57. The third-order valence-corrected chi connectivity index (χ3v) is 4.74. The van der Waals surface area contributed by atoms with Gasteiger partial charge in [0.2, 0.25) is 5.91 Å². The Kier molecular flexibility index (Phi) is 3.95. The Bertz CT molecular complexity index is 522. The van der Waals surface area contributed by atoms with Gasteiger partial charge in [-0.15, -0.1) is 0 Å². The van der Waals surface area contributed by atoms with Gasteiger partial charge in [-0.3, -0.25) is 9.59 Å². The molecule has 1 fully saturated rings. The number of nitrogens with zero attached hydrogens (tertiary/aromatic N) is 1. The maximum atomic E-state index is 12.6. The highest BCUT2D eigenvalue weighted by atomic mass is 16.5. The van der Waals surface area contributed by atoms with E-state index in [9.17, 15) is 9.59 Å². The number of methoxy groups -OCH3 is 1. The minimum Gasteiger partial charge on any atom is -0.469 e. The van der Waals surface area contributed by atoms with Gasteiger partial charge < -0.3 is 9.64 Å². The van der Waals surface area contributed by atoms with E-state index in [4.69, 9.17) is 4.74 Å². The first-order valence-corrected chi connectivity index (χ1v) is 7.62. The lowest BCUT2D eigenvalue weighted by molar-refractivity contribution is -0.149. The third-order valence-electron chi connectivity index (χ3n) is 4.74. The molecule has 0 bridgehead atoms. The molecule has 0 unspecified atom stereocenters. The van der Waals surface area contributed by atoms with Crippen molar-refractivity contribution in [3.8, 4) is 0 Å². The number of carbonyl (C=O) groups is 2. The van der Waals surface area contributed by atoms with Gasteiger partial charge in [0.15, 0.2) is 0 Å². The third kappa shape index (κ3) is 2.80. The average molecular weight is 287 g/mol. The number of carbonyl (C=O) groups excluding carboxylic acids is 2. The van der Waals surface area contributed by atoms with Crippen LogP contribution in [0.1, 0.15) is 24.0 Å². The topological polar surface area (TPSA) is 46.6 Å². The van der Waals surface area contributed by atoms with E-state index in [0.717, 1.165) is 25.7 Å². The fourth-order valence-corrected chi connectivity index (χ4v) is 3.49. The number of benzene rings is 1. The van der Waals surface area contributed by atoms with E-state index in [1.165, 1.54) is 18.2 Å². The molecule has 0 saturated carbocycles. The van der Waals surface area contributed by atoms with Crippen LogP contribution in [-0.4, -0.2) is 37.0 Å². The first kappa shape index (κ1) is 14.1. The van der Waals surface area contributed by atoms with Gasteiger partial charge in [0, 0.05) is 19.0 Å². The number of amides is 1. The van der Waals surface area contributed by atoms with Crippen molar-refractivity contribution in [2.45, 2.75) is 25.7 Å². The van der Waals surface area contributed by atoms with Crippen LogP contribution >= 0.6 is 0 Å². The van der Waals surface area contributed by atoms with Crippen molar-refractivity contribution >= 4 is 11.9 Å². The zero-order valence-corrected chi connectivity index (χ0v) is 12.4. The second-order valence-electron chi connectivity index (χ2n) is 6.00. The minimum atomic E-state index is -0.143. The fraction of sp³-hybridized carbons (Fsp3) is 0.529. The van der Waals surface area contributed by atoms with Crippen LogP contribution in [0.25, 0.3) is 0 Å². The first-order valence-electron chi connectivity index (χ1n) is 7.62. The Morgan fingerprint density at radius 2 is 1.62 bits per heavy atom. The summed E-state index contributed by atoms with van der Waals surface area (Å²) >= 11 is 0. The smallest absolute Gasteiger partial charge is 0.308 e. The van der Waals surface area contributed by atoms with Crippen LogP contribution < -0.4 is 0 Å². The minimum absolute atomic E-state index is 0.0418. The number of ether oxygens (including phenoxy) is 1. The van der Waals surface area contributed by atoms with E-state index in [-0.39, 0.29) is 23.7 Å². The molecule has 4 nitrogen and oxygen atoms in total. The molecule has 0 N–H and O–H groups in total. The molecule has 1 aliphatic carbocycles. The molecular weight excluding hydrogens is 266 g/mol. The van der Waals surface area contributed by atoms with Crippen molar-refractivity contribution in [2.75, 3.05) is 20.2 Å². The molecule has 21 heavy (non-hydrogen) atoms. The Morgan fingerprint density at radius 1 is 1.05 bits per heavy atom. The molecule has 112 valence electrons. The zero-order valence-electron chi connectivity index (χ0n) is 12.4. The molecule has 1 saturated heterocycles. The molecule has 2 aliphatic rings. The van der Waals surface area contributed by atoms with Gasteiger partial charge in [-0.2, -0.15) is 0 Å². The lowest BCUT2D eigenvalue weighted by Gasteiger charge is -2.32. The highest BCUT2D eigenvalue weighted by molar-refractivity contribution is 5.81. The van der Waals surface area contributed by atoms with Gasteiger partial charge in [0.25, 0.3) is 0 Å². The van der Waals surface area contributed by atoms with Crippen molar-refractivity contribution in [1.29, 1.82) is 0 Å².